The molecular weight excluding hydrogens is 369 g/mol. The van der Waals surface area contributed by atoms with Gasteiger partial charge in [0.15, 0.2) is 0 Å². The Kier molecular flexibility index (Phi) is 4.10. The van der Waals surface area contributed by atoms with Crippen LogP contribution in [0, 0.1) is 3.57 Å². The third-order valence-electron chi connectivity index (χ3n) is 3.61. The number of hydrogen-bond acceptors (Lipinski definition) is 1. The van der Waals surface area contributed by atoms with Crippen molar-refractivity contribution in [3.8, 4) is 0 Å². The highest BCUT2D eigenvalue weighted by molar-refractivity contribution is 14.1. The molecule has 2 unspecified atom stereocenters. The summed E-state index contributed by atoms with van der Waals surface area (Å²) in [4.78, 5) is 0. The van der Waals surface area contributed by atoms with E-state index in [1.165, 1.54) is 20.3 Å². The highest BCUT2D eigenvalue weighted by atomic mass is 127. The van der Waals surface area contributed by atoms with Crippen molar-refractivity contribution in [1.29, 1.82) is 0 Å². The fraction of sp³-hybridized carbons (Fsp3) is 0.250. The fourth-order valence-corrected chi connectivity index (χ4v) is 3.36. The quantitative estimate of drug-likeness (QED) is 0.616. The van der Waals surface area contributed by atoms with E-state index in [0.717, 1.165) is 13.0 Å². The zero-order valence-electron chi connectivity index (χ0n) is 10.4. The Labute approximate surface area is 132 Å². The van der Waals surface area contributed by atoms with Gasteiger partial charge >= 0.3 is 0 Å². The Morgan fingerprint density at radius 2 is 1.84 bits per heavy atom. The van der Waals surface area contributed by atoms with E-state index in [1.807, 2.05) is 0 Å². The van der Waals surface area contributed by atoms with Gasteiger partial charge < -0.3 is 5.32 Å². The first-order valence-electron chi connectivity index (χ1n) is 6.44. The average molecular weight is 384 g/mol. The predicted octanol–water partition coefficient (Wildman–Crippen LogP) is 4.29. The molecule has 3 rings (SSSR count). The molecule has 0 saturated heterocycles. The van der Waals surface area contributed by atoms with Crippen molar-refractivity contribution in [1.82, 2.24) is 5.32 Å². The number of nitrogens with one attached hydrogen (secondary N) is 1. The van der Waals surface area contributed by atoms with Gasteiger partial charge in [0.25, 0.3) is 0 Å². The third kappa shape index (κ3) is 2.96. The number of rotatable bonds is 3. The van der Waals surface area contributed by atoms with Crippen LogP contribution >= 0.6 is 34.2 Å². The third-order valence-corrected chi connectivity index (χ3v) is 4.73. The van der Waals surface area contributed by atoms with Gasteiger partial charge in [0.1, 0.15) is 0 Å². The van der Waals surface area contributed by atoms with Crippen LogP contribution < -0.4 is 5.32 Å². The molecule has 1 aliphatic rings. The van der Waals surface area contributed by atoms with Gasteiger partial charge in [-0.05, 0) is 57.8 Å². The van der Waals surface area contributed by atoms with Crippen LogP contribution in [0.25, 0.3) is 0 Å². The van der Waals surface area contributed by atoms with Gasteiger partial charge in [0, 0.05) is 16.2 Å². The minimum atomic E-state index is 0.154. The zero-order valence-corrected chi connectivity index (χ0v) is 13.4. The van der Waals surface area contributed by atoms with Crippen molar-refractivity contribution in [2.75, 3.05) is 0 Å². The average Bonchev–Trinajstić information content (AvgIpc) is 2.74. The lowest BCUT2D eigenvalue weighted by atomic mass is 10.1. The van der Waals surface area contributed by atoms with Crippen LogP contribution in [-0.4, -0.2) is 5.38 Å². The van der Waals surface area contributed by atoms with E-state index in [4.69, 9.17) is 11.6 Å². The SMILES string of the molecule is ClC1Cc2ccccc2C1NCc1ccc(I)cc1. The molecule has 0 amide bonds. The second-order valence-electron chi connectivity index (χ2n) is 4.90. The summed E-state index contributed by atoms with van der Waals surface area (Å²) in [5, 5.41) is 3.74. The lowest BCUT2D eigenvalue weighted by Crippen LogP contribution is -2.25. The van der Waals surface area contributed by atoms with Crippen LogP contribution in [-0.2, 0) is 13.0 Å². The van der Waals surface area contributed by atoms with Gasteiger partial charge in [-0.15, -0.1) is 11.6 Å². The van der Waals surface area contributed by atoms with Crippen LogP contribution in [0.2, 0.25) is 0 Å². The molecule has 2 aromatic rings. The fourth-order valence-electron chi connectivity index (χ4n) is 2.61. The summed E-state index contributed by atoms with van der Waals surface area (Å²) in [6.45, 7) is 0.860. The van der Waals surface area contributed by atoms with E-state index in [-0.39, 0.29) is 11.4 Å². The Hall–Kier alpha value is -0.580. The predicted molar refractivity (Wildman–Crippen MR) is 88.5 cm³/mol. The summed E-state index contributed by atoms with van der Waals surface area (Å²) in [6.07, 6.45) is 0.960. The van der Waals surface area contributed by atoms with Crippen molar-refractivity contribution < 1.29 is 0 Å². The largest absolute Gasteiger partial charge is 0.305 e. The molecule has 0 heterocycles. The summed E-state index contributed by atoms with van der Waals surface area (Å²) in [7, 11) is 0. The van der Waals surface area contributed by atoms with Gasteiger partial charge in [-0.1, -0.05) is 36.4 Å². The molecule has 0 aliphatic heterocycles. The molecule has 2 aromatic carbocycles. The van der Waals surface area contributed by atoms with Gasteiger partial charge in [-0.3, -0.25) is 0 Å². The van der Waals surface area contributed by atoms with Crippen LogP contribution in [0.1, 0.15) is 22.7 Å². The number of fused-ring (bicyclic) bond motifs is 1. The highest BCUT2D eigenvalue weighted by Crippen LogP contribution is 2.34. The van der Waals surface area contributed by atoms with E-state index >= 15 is 0 Å². The van der Waals surface area contributed by atoms with E-state index in [0.29, 0.717) is 0 Å². The first-order valence-corrected chi connectivity index (χ1v) is 7.95. The molecule has 1 aliphatic carbocycles. The molecule has 1 nitrogen and oxygen atoms in total. The Bertz CT molecular complexity index is 567. The molecule has 3 heteroatoms. The van der Waals surface area contributed by atoms with E-state index in [2.05, 4.69) is 76.4 Å². The molecule has 0 bridgehead atoms. The molecule has 0 fully saturated rings. The van der Waals surface area contributed by atoms with Gasteiger partial charge in [-0.25, -0.2) is 0 Å². The van der Waals surface area contributed by atoms with E-state index in [9.17, 15) is 0 Å². The minimum Gasteiger partial charge on any atom is -0.305 e. The highest BCUT2D eigenvalue weighted by Gasteiger charge is 2.29. The normalized spacial score (nSPS) is 21.4. The second-order valence-corrected chi connectivity index (χ2v) is 6.71. The van der Waals surface area contributed by atoms with Gasteiger partial charge in [0.2, 0.25) is 0 Å². The van der Waals surface area contributed by atoms with E-state index in [1.54, 1.807) is 0 Å². The smallest absolute Gasteiger partial charge is 0.0571 e. The van der Waals surface area contributed by atoms with Crippen molar-refractivity contribution in [2.45, 2.75) is 24.4 Å². The maximum Gasteiger partial charge on any atom is 0.0571 e. The molecule has 98 valence electrons. The summed E-state index contributed by atoms with van der Waals surface area (Å²) in [5.74, 6) is 0. The van der Waals surface area contributed by atoms with Gasteiger partial charge in [0.05, 0.1) is 5.38 Å². The van der Waals surface area contributed by atoms with Crippen LogP contribution in [0.15, 0.2) is 48.5 Å². The van der Waals surface area contributed by atoms with Crippen molar-refractivity contribution in [3.05, 3.63) is 68.8 Å². The second kappa shape index (κ2) is 5.81. The molecular formula is C16H15ClIN. The Balaban J connectivity index is 1.72. The van der Waals surface area contributed by atoms with Crippen molar-refractivity contribution in [3.63, 3.8) is 0 Å². The Morgan fingerprint density at radius 3 is 2.63 bits per heavy atom. The number of halogens is 2. The molecule has 19 heavy (non-hydrogen) atoms. The Morgan fingerprint density at radius 1 is 1.11 bits per heavy atom. The standard InChI is InChI=1S/C16H15ClIN/c17-15-9-12-3-1-2-4-14(12)16(15)19-10-11-5-7-13(18)8-6-11/h1-8,15-16,19H,9-10H2. The molecule has 0 spiro atoms. The topological polar surface area (TPSA) is 12.0 Å². The minimum absolute atomic E-state index is 0.154. The van der Waals surface area contributed by atoms with E-state index < -0.39 is 0 Å². The number of hydrogen-bond donors (Lipinski definition) is 1. The first-order chi connectivity index (χ1) is 9.24. The summed E-state index contributed by atoms with van der Waals surface area (Å²) >= 11 is 8.80. The molecule has 0 radical (unpaired) electrons. The monoisotopic (exact) mass is 383 g/mol. The lowest BCUT2D eigenvalue weighted by molar-refractivity contribution is 0.536. The molecule has 2 atom stereocenters. The molecule has 0 saturated carbocycles. The van der Waals surface area contributed by atoms with Crippen molar-refractivity contribution >= 4 is 34.2 Å². The van der Waals surface area contributed by atoms with Crippen LogP contribution in [0.3, 0.4) is 0 Å². The van der Waals surface area contributed by atoms with Crippen molar-refractivity contribution in [2.24, 2.45) is 0 Å². The molecule has 1 N–H and O–H groups in total. The first kappa shape index (κ1) is 13.4. The van der Waals surface area contributed by atoms with Crippen LogP contribution in [0.5, 0.6) is 0 Å². The number of alkyl halides is 1. The zero-order chi connectivity index (χ0) is 13.2. The maximum absolute atomic E-state index is 6.47. The summed E-state index contributed by atoms with van der Waals surface area (Å²) < 4.78 is 1.27. The maximum atomic E-state index is 6.47. The van der Waals surface area contributed by atoms with Crippen LogP contribution in [0.4, 0.5) is 0 Å². The van der Waals surface area contributed by atoms with Gasteiger partial charge in [-0.2, -0.15) is 0 Å². The number of benzene rings is 2. The summed E-state index contributed by atoms with van der Waals surface area (Å²) in [5.41, 5.74) is 4.03. The molecule has 0 aromatic heterocycles. The summed E-state index contributed by atoms with van der Waals surface area (Å²) in [6, 6.07) is 17.4. The lowest BCUT2D eigenvalue weighted by Gasteiger charge is -2.17.